The number of aromatic nitrogens is 3. The van der Waals surface area contributed by atoms with Gasteiger partial charge in [-0.2, -0.15) is 5.10 Å². The molecule has 0 saturated carbocycles. The van der Waals surface area contributed by atoms with E-state index in [1.54, 1.807) is 6.92 Å². The molecule has 2 aliphatic rings. The molecular weight excluding hydrogens is 525 g/mol. The maximum absolute atomic E-state index is 13.9. The molecule has 1 aromatic carbocycles. The molecule has 40 heavy (non-hydrogen) atoms. The summed E-state index contributed by atoms with van der Waals surface area (Å²) in [5.74, 6) is -1.95. The Labute approximate surface area is 229 Å². The molecule has 2 aliphatic heterocycles. The zero-order chi connectivity index (χ0) is 28.8. The summed E-state index contributed by atoms with van der Waals surface area (Å²) in [5, 5.41) is 14.2. The maximum Gasteiger partial charge on any atom is 0.340 e. The first-order valence-corrected chi connectivity index (χ1v) is 13.3. The molecule has 0 saturated heterocycles. The molecule has 0 spiro atoms. The Morgan fingerprint density at radius 3 is 2.73 bits per heavy atom. The molecule has 0 radical (unpaired) electrons. The smallest absolute Gasteiger partial charge is 0.340 e. The molecule has 4 rings (SSSR count). The minimum atomic E-state index is -0.936. The van der Waals surface area contributed by atoms with Gasteiger partial charge in [-0.1, -0.05) is 38.5 Å². The van der Waals surface area contributed by atoms with Crippen LogP contribution in [0.15, 0.2) is 23.0 Å². The number of hydrogen-bond donors (Lipinski definition) is 5. The van der Waals surface area contributed by atoms with Gasteiger partial charge in [-0.25, -0.2) is 14.3 Å². The van der Waals surface area contributed by atoms with Crippen molar-refractivity contribution in [1.82, 2.24) is 31.1 Å². The van der Waals surface area contributed by atoms with Crippen LogP contribution in [0, 0.1) is 5.92 Å². The van der Waals surface area contributed by atoms with E-state index < -0.39 is 54.1 Å². The van der Waals surface area contributed by atoms with E-state index >= 15 is 0 Å². The summed E-state index contributed by atoms with van der Waals surface area (Å²) in [7, 11) is 0. The van der Waals surface area contributed by atoms with Crippen molar-refractivity contribution < 1.29 is 28.3 Å². The minimum Gasteiger partial charge on any atom is -0.369 e. The SMILES string of the molecule is CC[C@H](C)[C@H](NC(=O)COCCF)C(=O)N[C@H]1CCc2cccc3c2N(C1=O)[C@H](C(=O)NCc1n[nH]c(=O)[nH]1)C3. The fraction of sp³-hybridized carbons (Fsp3) is 0.538. The predicted octanol–water partition coefficient (Wildman–Crippen LogP) is -0.380. The zero-order valence-corrected chi connectivity index (χ0v) is 22.4. The van der Waals surface area contributed by atoms with Crippen LogP contribution in [-0.2, 0) is 43.3 Å². The first-order chi connectivity index (χ1) is 19.2. The largest absolute Gasteiger partial charge is 0.369 e. The first kappa shape index (κ1) is 28.9. The third kappa shape index (κ3) is 6.38. The van der Waals surface area contributed by atoms with Gasteiger partial charge in [0, 0.05) is 6.42 Å². The lowest BCUT2D eigenvalue weighted by Crippen LogP contribution is -2.58. The van der Waals surface area contributed by atoms with E-state index in [0.717, 1.165) is 11.1 Å². The Morgan fingerprint density at radius 1 is 1.25 bits per heavy atom. The number of H-pyrrole nitrogens is 2. The number of amides is 4. The molecule has 1 aromatic heterocycles. The highest BCUT2D eigenvalue weighted by Crippen LogP contribution is 2.39. The van der Waals surface area contributed by atoms with Crippen LogP contribution in [0.25, 0.3) is 0 Å². The lowest BCUT2D eigenvalue weighted by atomic mass is 9.97. The summed E-state index contributed by atoms with van der Waals surface area (Å²) in [6, 6.07) is 2.92. The van der Waals surface area contributed by atoms with Crippen LogP contribution in [0.1, 0.15) is 43.6 Å². The summed E-state index contributed by atoms with van der Waals surface area (Å²) in [6.45, 7) is 2.30. The number of nitrogens with one attached hydrogen (secondary N) is 5. The summed E-state index contributed by atoms with van der Waals surface area (Å²) in [5.41, 5.74) is 1.92. The van der Waals surface area contributed by atoms with E-state index in [0.29, 0.717) is 31.4 Å². The Hall–Kier alpha value is -4.07. The van der Waals surface area contributed by atoms with Crippen LogP contribution in [0.5, 0.6) is 0 Å². The molecule has 4 atom stereocenters. The second-order valence-corrected chi connectivity index (χ2v) is 9.97. The molecular formula is C26H34FN7O6. The van der Waals surface area contributed by atoms with E-state index in [9.17, 15) is 28.4 Å². The Morgan fingerprint density at radius 2 is 2.02 bits per heavy atom. The van der Waals surface area contributed by atoms with Crippen LogP contribution in [-0.4, -0.2) is 76.8 Å². The topological polar surface area (TPSA) is 178 Å². The lowest BCUT2D eigenvalue weighted by molar-refractivity contribution is -0.134. The molecule has 2 aromatic rings. The summed E-state index contributed by atoms with van der Waals surface area (Å²) >= 11 is 0. The quantitative estimate of drug-likeness (QED) is 0.220. The van der Waals surface area contributed by atoms with Crippen LogP contribution in [0.2, 0.25) is 0 Å². The fourth-order valence-corrected chi connectivity index (χ4v) is 5.05. The van der Waals surface area contributed by atoms with Crippen molar-refractivity contribution in [2.45, 2.75) is 64.2 Å². The van der Waals surface area contributed by atoms with Crippen LogP contribution in [0.3, 0.4) is 0 Å². The van der Waals surface area contributed by atoms with Gasteiger partial charge in [0.1, 0.15) is 37.2 Å². The average molecular weight is 560 g/mol. The molecule has 0 fully saturated rings. The number of halogens is 1. The van der Waals surface area contributed by atoms with Gasteiger partial charge < -0.3 is 20.7 Å². The predicted molar refractivity (Wildman–Crippen MR) is 141 cm³/mol. The van der Waals surface area contributed by atoms with Gasteiger partial charge in [0.2, 0.25) is 23.6 Å². The standard InChI is InChI=1S/C26H34FN7O6/c1-3-14(2)21(31-20(35)13-40-10-9-27)24(37)29-17-8-7-15-5-4-6-16-11-18(34(22(15)16)25(17)38)23(36)28-12-19-30-26(39)33-32-19/h4-6,14,17-18,21H,3,7-13H2,1-2H3,(H,28,36)(H,29,37)(H,31,35)(H2,30,32,33,39)/t14-,17-,18-,21-/m0/s1. The van der Waals surface area contributed by atoms with E-state index in [1.807, 2.05) is 25.1 Å². The molecule has 216 valence electrons. The molecule has 14 heteroatoms. The van der Waals surface area contributed by atoms with Gasteiger partial charge in [-0.3, -0.25) is 29.1 Å². The van der Waals surface area contributed by atoms with Crippen LogP contribution < -0.4 is 26.5 Å². The molecule has 3 heterocycles. The maximum atomic E-state index is 13.9. The van der Waals surface area contributed by atoms with Crippen LogP contribution in [0.4, 0.5) is 10.1 Å². The Kier molecular flexibility index (Phi) is 9.30. The Balaban J connectivity index is 1.51. The first-order valence-electron chi connectivity index (χ1n) is 13.3. The monoisotopic (exact) mass is 559 g/mol. The van der Waals surface area contributed by atoms with Crippen molar-refractivity contribution in [2.75, 3.05) is 24.8 Å². The summed E-state index contributed by atoms with van der Waals surface area (Å²) in [4.78, 5) is 68.0. The van der Waals surface area contributed by atoms with Crippen LogP contribution >= 0.6 is 0 Å². The van der Waals surface area contributed by atoms with E-state index in [4.69, 9.17) is 4.74 Å². The number of aromatic amines is 2. The number of aryl methyl sites for hydroxylation is 1. The summed E-state index contributed by atoms with van der Waals surface area (Å²) < 4.78 is 17.2. The van der Waals surface area contributed by atoms with Gasteiger partial charge >= 0.3 is 5.69 Å². The van der Waals surface area contributed by atoms with Gasteiger partial charge in [-0.15, -0.1) is 0 Å². The van der Waals surface area contributed by atoms with E-state index in [2.05, 4.69) is 31.1 Å². The third-order valence-electron chi connectivity index (χ3n) is 7.27. The number of benzene rings is 1. The molecule has 0 aliphatic carbocycles. The summed E-state index contributed by atoms with van der Waals surface area (Å²) in [6.07, 6.45) is 1.67. The molecule has 5 N–H and O–H groups in total. The number of nitrogens with zero attached hydrogens (tertiary/aromatic N) is 2. The van der Waals surface area contributed by atoms with Crippen molar-refractivity contribution in [3.8, 4) is 0 Å². The number of alkyl halides is 1. The van der Waals surface area contributed by atoms with E-state index in [1.165, 1.54) is 4.90 Å². The second kappa shape index (κ2) is 12.9. The number of hydrogen-bond acceptors (Lipinski definition) is 7. The number of ether oxygens (including phenoxy) is 1. The number of anilines is 1. The van der Waals surface area contributed by atoms with Crippen molar-refractivity contribution in [1.29, 1.82) is 0 Å². The van der Waals surface area contributed by atoms with Gasteiger partial charge in [0.05, 0.1) is 18.8 Å². The van der Waals surface area contributed by atoms with E-state index in [-0.39, 0.29) is 31.5 Å². The number of carbonyl (C=O) groups excluding carboxylic acids is 4. The second-order valence-electron chi connectivity index (χ2n) is 9.97. The molecule has 0 bridgehead atoms. The zero-order valence-electron chi connectivity index (χ0n) is 22.4. The lowest BCUT2D eigenvalue weighted by Gasteiger charge is -2.29. The highest BCUT2D eigenvalue weighted by atomic mass is 19.1. The molecule has 0 unspecified atom stereocenters. The minimum absolute atomic E-state index is 0.0369. The van der Waals surface area contributed by atoms with Crippen molar-refractivity contribution in [3.05, 3.63) is 45.6 Å². The molecule has 13 nitrogen and oxygen atoms in total. The highest BCUT2D eigenvalue weighted by molar-refractivity contribution is 6.08. The van der Waals surface area contributed by atoms with Gasteiger partial charge in [-0.05, 0) is 29.9 Å². The fourth-order valence-electron chi connectivity index (χ4n) is 5.05. The van der Waals surface area contributed by atoms with Gasteiger partial charge in [0.15, 0.2) is 0 Å². The molecule has 4 amide bonds. The number of para-hydroxylation sites is 1. The van der Waals surface area contributed by atoms with Crippen molar-refractivity contribution >= 4 is 29.3 Å². The Bertz CT molecular complexity index is 1310. The third-order valence-corrected chi connectivity index (χ3v) is 7.27. The highest BCUT2D eigenvalue weighted by Gasteiger charge is 2.44. The number of carbonyl (C=O) groups is 4. The number of rotatable bonds is 12. The van der Waals surface area contributed by atoms with Crippen molar-refractivity contribution in [2.24, 2.45) is 5.92 Å². The average Bonchev–Trinajstić information content (AvgIpc) is 3.51. The normalized spacial score (nSPS) is 19.4. The van der Waals surface area contributed by atoms with Gasteiger partial charge in [0.25, 0.3) is 0 Å². The van der Waals surface area contributed by atoms with Crippen molar-refractivity contribution in [3.63, 3.8) is 0 Å².